The zero-order valence-corrected chi connectivity index (χ0v) is 9.08. The van der Waals surface area contributed by atoms with Crippen LogP contribution in [0.15, 0.2) is 29.6 Å². The SMILES string of the molecule is N#CC1=CSC(=C2SC=CS2)S1. The van der Waals surface area contributed by atoms with Gasteiger partial charge in [0.1, 0.15) is 6.07 Å². The van der Waals surface area contributed by atoms with Crippen LogP contribution < -0.4 is 0 Å². The third kappa shape index (κ3) is 1.72. The fraction of sp³-hybridized carbons (Fsp3) is 0. The van der Waals surface area contributed by atoms with Crippen molar-refractivity contribution in [2.24, 2.45) is 0 Å². The molecule has 0 aromatic carbocycles. The Hall–Kier alpha value is 0.110. The summed E-state index contributed by atoms with van der Waals surface area (Å²) in [5.41, 5.74) is 0. The normalized spacial score (nSPS) is 21.4. The molecule has 0 atom stereocenters. The lowest BCUT2D eigenvalue weighted by atomic mass is 10.7. The second-order valence-corrected chi connectivity index (χ2v) is 6.18. The summed E-state index contributed by atoms with van der Waals surface area (Å²) in [6.07, 6.45) is 0. The molecule has 0 radical (unpaired) electrons. The van der Waals surface area contributed by atoms with E-state index in [1.54, 1.807) is 47.0 Å². The minimum Gasteiger partial charge on any atom is -0.192 e. The standard InChI is InChI=1S/C7H3NS4/c8-3-5-4-11-7(12-5)6-9-1-2-10-6/h1-2,4H. The highest BCUT2D eigenvalue weighted by atomic mass is 32.2. The number of allylic oxidation sites excluding steroid dienone is 1. The van der Waals surface area contributed by atoms with Crippen LogP contribution in [-0.2, 0) is 0 Å². The molecular weight excluding hydrogens is 226 g/mol. The van der Waals surface area contributed by atoms with E-state index in [9.17, 15) is 0 Å². The number of rotatable bonds is 0. The summed E-state index contributed by atoms with van der Waals surface area (Å²) in [6, 6.07) is 2.15. The first-order valence-electron chi connectivity index (χ1n) is 3.07. The van der Waals surface area contributed by atoms with Crippen molar-refractivity contribution in [2.45, 2.75) is 0 Å². The van der Waals surface area contributed by atoms with Crippen LogP contribution in [0.2, 0.25) is 0 Å². The first-order chi connectivity index (χ1) is 5.90. The van der Waals surface area contributed by atoms with E-state index in [0.717, 1.165) is 4.91 Å². The highest BCUT2D eigenvalue weighted by molar-refractivity contribution is 8.33. The molecule has 0 bridgehead atoms. The second kappa shape index (κ2) is 3.88. The maximum Gasteiger partial charge on any atom is 0.107 e. The van der Waals surface area contributed by atoms with Gasteiger partial charge in [0.25, 0.3) is 0 Å². The van der Waals surface area contributed by atoms with Gasteiger partial charge < -0.3 is 0 Å². The summed E-state index contributed by atoms with van der Waals surface area (Å²) in [4.78, 5) is 0.801. The third-order valence-electron chi connectivity index (χ3n) is 1.16. The van der Waals surface area contributed by atoms with Crippen LogP contribution in [-0.4, -0.2) is 0 Å². The minimum absolute atomic E-state index is 0.801. The molecule has 5 heteroatoms. The Morgan fingerprint density at radius 3 is 2.42 bits per heavy atom. The molecule has 2 rings (SSSR count). The molecule has 12 heavy (non-hydrogen) atoms. The summed E-state index contributed by atoms with van der Waals surface area (Å²) < 4.78 is 2.54. The van der Waals surface area contributed by atoms with Gasteiger partial charge in [0.2, 0.25) is 0 Å². The molecule has 1 nitrogen and oxygen atoms in total. The number of thioether (sulfide) groups is 4. The van der Waals surface area contributed by atoms with Crippen LogP contribution in [0.3, 0.4) is 0 Å². The smallest absolute Gasteiger partial charge is 0.107 e. The van der Waals surface area contributed by atoms with E-state index in [-0.39, 0.29) is 0 Å². The van der Waals surface area contributed by atoms with Crippen molar-refractivity contribution in [3.8, 4) is 6.07 Å². The van der Waals surface area contributed by atoms with Crippen molar-refractivity contribution in [3.63, 3.8) is 0 Å². The van der Waals surface area contributed by atoms with Crippen molar-refractivity contribution >= 4 is 47.0 Å². The number of nitrogens with zero attached hydrogens (tertiary/aromatic N) is 1. The van der Waals surface area contributed by atoms with Crippen molar-refractivity contribution in [1.29, 1.82) is 5.26 Å². The summed E-state index contributed by atoms with van der Waals surface area (Å²) >= 11 is 6.68. The highest BCUT2D eigenvalue weighted by Gasteiger charge is 2.17. The van der Waals surface area contributed by atoms with Gasteiger partial charge in [-0.2, -0.15) is 5.26 Å². The Kier molecular flexibility index (Phi) is 2.81. The molecule has 0 spiro atoms. The first kappa shape index (κ1) is 8.70. The van der Waals surface area contributed by atoms with Crippen molar-refractivity contribution < 1.29 is 0 Å². The molecule has 2 heterocycles. The van der Waals surface area contributed by atoms with E-state index in [0.29, 0.717) is 0 Å². The molecule has 60 valence electrons. The molecule has 2 aliphatic rings. The maximum absolute atomic E-state index is 8.62. The molecule has 0 aliphatic carbocycles. The van der Waals surface area contributed by atoms with Crippen molar-refractivity contribution in [2.75, 3.05) is 0 Å². The molecule has 0 saturated heterocycles. The Labute approximate surface area is 87.7 Å². The average molecular weight is 229 g/mol. The quantitative estimate of drug-likeness (QED) is 0.627. The molecular formula is C7H3NS4. The lowest BCUT2D eigenvalue weighted by Crippen LogP contribution is -1.65. The molecule has 0 aromatic rings. The van der Waals surface area contributed by atoms with E-state index >= 15 is 0 Å². The minimum atomic E-state index is 0.801. The van der Waals surface area contributed by atoms with Gasteiger partial charge in [0, 0.05) is 5.41 Å². The molecule has 0 N–H and O–H groups in total. The first-order valence-corrected chi connectivity index (χ1v) is 6.53. The zero-order valence-electron chi connectivity index (χ0n) is 5.81. The van der Waals surface area contributed by atoms with E-state index in [1.807, 2.05) is 5.41 Å². The fourth-order valence-electron chi connectivity index (χ4n) is 0.697. The third-order valence-corrected chi connectivity index (χ3v) is 6.08. The highest BCUT2D eigenvalue weighted by Crippen LogP contribution is 2.52. The molecule has 0 aromatic heterocycles. The van der Waals surface area contributed by atoms with Crippen LogP contribution in [0.5, 0.6) is 0 Å². The van der Waals surface area contributed by atoms with Crippen LogP contribution in [0.1, 0.15) is 0 Å². The Balaban J connectivity index is 2.12. The summed E-state index contributed by atoms with van der Waals surface area (Å²) in [6.45, 7) is 0. The van der Waals surface area contributed by atoms with E-state index < -0.39 is 0 Å². The van der Waals surface area contributed by atoms with Gasteiger partial charge in [-0.1, -0.05) is 47.0 Å². The Morgan fingerprint density at radius 2 is 1.83 bits per heavy atom. The second-order valence-electron chi connectivity index (χ2n) is 1.90. The van der Waals surface area contributed by atoms with Crippen LogP contribution in [0, 0.1) is 11.3 Å². The topological polar surface area (TPSA) is 23.8 Å². The van der Waals surface area contributed by atoms with Gasteiger partial charge in [-0.3, -0.25) is 0 Å². The van der Waals surface area contributed by atoms with Gasteiger partial charge in [0.05, 0.1) is 13.4 Å². The number of nitriles is 1. The van der Waals surface area contributed by atoms with Gasteiger partial charge in [0.15, 0.2) is 0 Å². The van der Waals surface area contributed by atoms with E-state index in [2.05, 4.69) is 16.9 Å². The van der Waals surface area contributed by atoms with Crippen LogP contribution >= 0.6 is 47.0 Å². The van der Waals surface area contributed by atoms with E-state index in [4.69, 9.17) is 5.26 Å². The lowest BCUT2D eigenvalue weighted by Gasteiger charge is -1.97. The molecule has 0 unspecified atom stereocenters. The van der Waals surface area contributed by atoms with E-state index in [1.165, 1.54) is 8.47 Å². The average Bonchev–Trinajstić information content (AvgIpc) is 2.75. The van der Waals surface area contributed by atoms with Gasteiger partial charge in [-0.15, -0.1) is 0 Å². The Bertz CT molecular complexity index is 324. The van der Waals surface area contributed by atoms with Crippen LogP contribution in [0.25, 0.3) is 0 Å². The largest absolute Gasteiger partial charge is 0.192 e. The van der Waals surface area contributed by atoms with Crippen molar-refractivity contribution in [3.05, 3.63) is 29.6 Å². The summed E-state index contributed by atoms with van der Waals surface area (Å²) in [5.74, 6) is 0. The van der Waals surface area contributed by atoms with Crippen molar-refractivity contribution in [1.82, 2.24) is 0 Å². The zero-order chi connectivity index (χ0) is 8.39. The monoisotopic (exact) mass is 229 g/mol. The number of hydrogen-bond acceptors (Lipinski definition) is 5. The fourth-order valence-corrected chi connectivity index (χ4v) is 4.89. The van der Waals surface area contributed by atoms with Crippen LogP contribution in [0.4, 0.5) is 0 Å². The predicted octanol–water partition coefficient (Wildman–Crippen LogP) is 3.91. The molecule has 0 amide bonds. The predicted molar refractivity (Wildman–Crippen MR) is 60.2 cm³/mol. The molecule has 0 fully saturated rings. The number of hydrogen-bond donors (Lipinski definition) is 0. The summed E-state index contributed by atoms with van der Waals surface area (Å²) in [7, 11) is 0. The van der Waals surface area contributed by atoms with Gasteiger partial charge >= 0.3 is 0 Å². The van der Waals surface area contributed by atoms with Gasteiger partial charge in [-0.25, -0.2) is 0 Å². The van der Waals surface area contributed by atoms with Gasteiger partial charge in [-0.05, 0) is 10.8 Å². The molecule has 2 aliphatic heterocycles. The Morgan fingerprint density at radius 1 is 1.08 bits per heavy atom. The lowest BCUT2D eigenvalue weighted by molar-refractivity contribution is 1.53. The maximum atomic E-state index is 8.62. The summed E-state index contributed by atoms with van der Waals surface area (Å²) in [5, 5.41) is 14.7. The molecule has 0 saturated carbocycles.